The number of nitrogens with one attached hydrogen (secondary N) is 3. The molecule has 23 heavy (non-hydrogen) atoms. The van der Waals surface area contributed by atoms with Gasteiger partial charge in [0.05, 0.1) is 0 Å². The number of aryl methyl sites for hydroxylation is 1. The molecular weight excluding hydrogens is 407 g/mol. The minimum absolute atomic E-state index is 0. The Morgan fingerprint density at radius 3 is 2.61 bits per heavy atom. The summed E-state index contributed by atoms with van der Waals surface area (Å²) < 4.78 is 1.90. The maximum absolute atomic E-state index is 11.4. The largest absolute Gasteiger partial charge is 0.357 e. The number of carbonyl (C=O) groups excluding carboxylic acids is 1. The Hall–Kier alpha value is -1.32. The van der Waals surface area contributed by atoms with E-state index in [9.17, 15) is 4.79 Å². The molecule has 0 saturated heterocycles. The molecule has 132 valence electrons. The first kappa shape index (κ1) is 21.7. The lowest BCUT2D eigenvalue weighted by Crippen LogP contribution is -2.42. The van der Waals surface area contributed by atoms with Gasteiger partial charge in [-0.05, 0) is 19.4 Å². The number of nitrogens with zero attached hydrogens (tertiary/aromatic N) is 3. The molecule has 7 nitrogen and oxygen atoms in total. The van der Waals surface area contributed by atoms with E-state index in [1.165, 1.54) is 0 Å². The summed E-state index contributed by atoms with van der Waals surface area (Å²) in [6, 6.07) is 1.92. The second-order valence-electron chi connectivity index (χ2n) is 5.26. The number of aromatic nitrogens is 2. The van der Waals surface area contributed by atoms with E-state index < -0.39 is 0 Å². The van der Waals surface area contributed by atoms with E-state index in [4.69, 9.17) is 0 Å². The van der Waals surface area contributed by atoms with Crippen molar-refractivity contribution in [1.29, 1.82) is 0 Å². The van der Waals surface area contributed by atoms with Crippen molar-refractivity contribution in [3.8, 4) is 0 Å². The second kappa shape index (κ2) is 13.1. The van der Waals surface area contributed by atoms with E-state index in [2.05, 4.69) is 26.0 Å². The van der Waals surface area contributed by atoms with Crippen LogP contribution in [-0.2, 0) is 11.3 Å². The minimum Gasteiger partial charge on any atom is -0.357 e. The van der Waals surface area contributed by atoms with Gasteiger partial charge in [-0.25, -0.2) is 0 Å². The van der Waals surface area contributed by atoms with E-state index in [-0.39, 0.29) is 35.8 Å². The minimum atomic E-state index is 0. The Bertz CT molecular complexity index is 447. The van der Waals surface area contributed by atoms with Gasteiger partial charge in [-0.1, -0.05) is 13.8 Å². The number of rotatable bonds is 9. The molecule has 1 aromatic rings. The van der Waals surface area contributed by atoms with Crippen LogP contribution in [-0.4, -0.2) is 47.8 Å². The highest BCUT2D eigenvalue weighted by molar-refractivity contribution is 14.0. The first-order chi connectivity index (χ1) is 10.6. The zero-order valence-corrected chi connectivity index (χ0v) is 16.5. The van der Waals surface area contributed by atoms with Crippen molar-refractivity contribution in [2.75, 3.05) is 26.2 Å². The van der Waals surface area contributed by atoms with Crippen molar-refractivity contribution in [2.45, 2.75) is 33.7 Å². The second-order valence-corrected chi connectivity index (χ2v) is 5.26. The Labute approximate surface area is 155 Å². The van der Waals surface area contributed by atoms with E-state index >= 15 is 0 Å². The molecule has 0 bridgehead atoms. The molecule has 0 atom stereocenters. The first-order valence-corrected chi connectivity index (χ1v) is 7.90. The van der Waals surface area contributed by atoms with Gasteiger partial charge < -0.3 is 16.0 Å². The average molecular weight is 436 g/mol. The fraction of sp³-hybridized carbons (Fsp3) is 0.667. The van der Waals surface area contributed by atoms with Gasteiger partial charge in [0.2, 0.25) is 5.91 Å². The predicted octanol–water partition coefficient (Wildman–Crippen LogP) is 1.22. The lowest BCUT2D eigenvalue weighted by molar-refractivity contribution is -0.123. The van der Waals surface area contributed by atoms with Crippen LogP contribution in [0.5, 0.6) is 0 Å². The summed E-state index contributed by atoms with van der Waals surface area (Å²) in [5, 5.41) is 13.4. The van der Waals surface area contributed by atoms with Crippen molar-refractivity contribution >= 4 is 35.8 Å². The Kier molecular flexibility index (Phi) is 12.4. The smallest absolute Gasteiger partial charge is 0.222 e. The molecule has 1 heterocycles. The highest BCUT2D eigenvalue weighted by Crippen LogP contribution is 1.90. The van der Waals surface area contributed by atoms with E-state index in [1.807, 2.05) is 37.7 Å². The highest BCUT2D eigenvalue weighted by atomic mass is 127. The number of carbonyl (C=O) groups is 1. The third-order valence-electron chi connectivity index (χ3n) is 2.96. The van der Waals surface area contributed by atoms with Crippen LogP contribution in [0.1, 0.15) is 27.2 Å². The third-order valence-corrected chi connectivity index (χ3v) is 2.96. The van der Waals surface area contributed by atoms with Crippen LogP contribution in [0.2, 0.25) is 0 Å². The summed E-state index contributed by atoms with van der Waals surface area (Å²) in [6.45, 7) is 9.44. The topological polar surface area (TPSA) is 83.3 Å². The van der Waals surface area contributed by atoms with Crippen molar-refractivity contribution in [3.63, 3.8) is 0 Å². The lowest BCUT2D eigenvalue weighted by Gasteiger charge is -2.12. The molecule has 1 aromatic heterocycles. The van der Waals surface area contributed by atoms with Gasteiger partial charge >= 0.3 is 0 Å². The molecule has 0 saturated carbocycles. The van der Waals surface area contributed by atoms with Gasteiger partial charge in [0.1, 0.15) is 0 Å². The molecule has 0 aliphatic carbocycles. The first-order valence-electron chi connectivity index (χ1n) is 7.90. The van der Waals surface area contributed by atoms with Gasteiger partial charge in [-0.3, -0.25) is 14.5 Å². The van der Waals surface area contributed by atoms with Crippen LogP contribution >= 0.6 is 24.0 Å². The molecule has 1 rings (SSSR count). The average Bonchev–Trinajstić information content (AvgIpc) is 3.00. The summed E-state index contributed by atoms with van der Waals surface area (Å²) in [5.41, 5.74) is 0. The fourth-order valence-electron chi connectivity index (χ4n) is 1.77. The van der Waals surface area contributed by atoms with Crippen LogP contribution in [0.15, 0.2) is 23.5 Å². The normalized spacial score (nSPS) is 11.0. The van der Waals surface area contributed by atoms with E-state index in [0.29, 0.717) is 13.1 Å². The van der Waals surface area contributed by atoms with Crippen molar-refractivity contribution < 1.29 is 4.79 Å². The maximum atomic E-state index is 11.4. The monoisotopic (exact) mass is 436 g/mol. The van der Waals surface area contributed by atoms with Gasteiger partial charge in [0.25, 0.3) is 0 Å². The van der Waals surface area contributed by atoms with Crippen LogP contribution < -0.4 is 16.0 Å². The predicted molar refractivity (Wildman–Crippen MR) is 104 cm³/mol. The fourth-order valence-corrected chi connectivity index (χ4v) is 1.77. The molecule has 8 heteroatoms. The maximum Gasteiger partial charge on any atom is 0.222 e. The summed E-state index contributed by atoms with van der Waals surface area (Å²) >= 11 is 0. The number of hydrogen-bond donors (Lipinski definition) is 3. The summed E-state index contributed by atoms with van der Waals surface area (Å²) in [6.07, 6.45) is 4.66. The molecule has 0 unspecified atom stereocenters. The van der Waals surface area contributed by atoms with Crippen molar-refractivity contribution in [3.05, 3.63) is 18.5 Å². The summed E-state index contributed by atoms with van der Waals surface area (Å²) in [4.78, 5) is 15.9. The molecule has 0 radical (unpaired) electrons. The van der Waals surface area contributed by atoms with Gasteiger partial charge in [-0.15, -0.1) is 24.0 Å². The van der Waals surface area contributed by atoms with Gasteiger partial charge in [-0.2, -0.15) is 5.10 Å². The van der Waals surface area contributed by atoms with Crippen LogP contribution in [0.25, 0.3) is 0 Å². The molecule has 0 spiro atoms. The third kappa shape index (κ3) is 10.1. The van der Waals surface area contributed by atoms with E-state index in [0.717, 1.165) is 32.0 Å². The van der Waals surface area contributed by atoms with Gasteiger partial charge in [0.15, 0.2) is 5.96 Å². The number of guanidine groups is 1. The lowest BCUT2D eigenvalue weighted by atomic mass is 10.2. The number of aliphatic imine (C=N–C) groups is 1. The SMILES string of the molecule is CCNC(=NCCCn1cccn1)NCCNC(=O)C(C)C.I. The molecule has 0 aliphatic heterocycles. The molecule has 3 N–H and O–H groups in total. The standard InChI is InChI=1S/C15H28N6O.HI/c1-4-16-15(19-10-9-17-14(22)13(2)3)18-7-5-11-21-12-6-8-20-21;/h6,8,12-13H,4-5,7,9-11H2,1-3H3,(H,17,22)(H2,16,18,19);1H. The van der Waals surface area contributed by atoms with Crippen LogP contribution in [0, 0.1) is 5.92 Å². The Morgan fingerprint density at radius 2 is 2.00 bits per heavy atom. The van der Waals surface area contributed by atoms with Crippen LogP contribution in [0.4, 0.5) is 0 Å². The zero-order chi connectivity index (χ0) is 16.2. The molecule has 0 aliphatic rings. The highest BCUT2D eigenvalue weighted by Gasteiger charge is 2.05. The summed E-state index contributed by atoms with van der Waals surface area (Å²) in [7, 11) is 0. The summed E-state index contributed by atoms with van der Waals surface area (Å²) in [5.74, 6) is 0.869. The van der Waals surface area contributed by atoms with E-state index in [1.54, 1.807) is 6.20 Å². The van der Waals surface area contributed by atoms with Crippen molar-refractivity contribution in [1.82, 2.24) is 25.7 Å². The number of hydrogen-bond acceptors (Lipinski definition) is 3. The number of halogens is 1. The molecule has 1 amide bonds. The zero-order valence-electron chi connectivity index (χ0n) is 14.2. The molecule has 0 aromatic carbocycles. The molecule has 0 fully saturated rings. The van der Waals surface area contributed by atoms with Crippen LogP contribution in [0.3, 0.4) is 0 Å². The quantitative estimate of drug-likeness (QED) is 0.235. The van der Waals surface area contributed by atoms with Gasteiger partial charge in [0, 0.05) is 51.0 Å². The Balaban J connectivity index is 0.00000484. The van der Waals surface area contributed by atoms with Crippen molar-refractivity contribution in [2.24, 2.45) is 10.9 Å². The Morgan fingerprint density at radius 1 is 1.26 bits per heavy atom. The number of amides is 1. The molecular formula is C15H29IN6O.